The fraction of sp³-hybridized carbons (Fsp3) is 0.667. The molecule has 0 aromatic rings. The Hall–Kier alpha value is -1.29. The Bertz CT molecular complexity index is 404. The largest absolute Gasteiger partial charge is 0.444 e. The quantitative estimate of drug-likeness (QED) is 0.798. The van der Waals surface area contributed by atoms with Gasteiger partial charge in [-0.15, -0.1) is 0 Å². The van der Waals surface area contributed by atoms with Crippen molar-refractivity contribution in [1.29, 1.82) is 0 Å². The van der Waals surface area contributed by atoms with E-state index >= 15 is 0 Å². The van der Waals surface area contributed by atoms with Crippen LogP contribution in [0, 0.1) is 5.92 Å². The zero-order chi connectivity index (χ0) is 14.1. The van der Waals surface area contributed by atoms with Crippen LogP contribution in [0.15, 0.2) is 24.3 Å². The molecule has 3 atom stereocenters. The van der Waals surface area contributed by atoms with Gasteiger partial charge in [0.05, 0.1) is 18.2 Å². The van der Waals surface area contributed by atoms with E-state index in [0.29, 0.717) is 0 Å². The second-order valence-corrected chi connectivity index (χ2v) is 6.16. The average Bonchev–Trinajstić information content (AvgIpc) is 3.10. The van der Waals surface area contributed by atoms with Crippen molar-refractivity contribution in [3.8, 4) is 0 Å². The second-order valence-electron chi connectivity index (χ2n) is 6.16. The zero-order valence-electron chi connectivity index (χ0n) is 12.1. The number of nitrogens with one attached hydrogen (secondary N) is 1. The molecule has 1 amide bonds. The van der Waals surface area contributed by atoms with Crippen LogP contribution < -0.4 is 5.32 Å². The van der Waals surface area contributed by atoms with Crippen molar-refractivity contribution in [3.63, 3.8) is 0 Å². The molecule has 2 aliphatic rings. The molecule has 1 unspecified atom stereocenters. The molecule has 2 rings (SSSR count). The molecular formula is C15H23NO3. The number of epoxide rings is 1. The minimum Gasteiger partial charge on any atom is -0.444 e. The number of carbonyl (C=O) groups is 1. The minimum absolute atomic E-state index is 0.176. The van der Waals surface area contributed by atoms with Crippen LogP contribution in [0.4, 0.5) is 4.79 Å². The van der Waals surface area contributed by atoms with Crippen LogP contribution in [0.3, 0.4) is 0 Å². The molecule has 0 spiro atoms. The van der Waals surface area contributed by atoms with E-state index in [9.17, 15) is 4.79 Å². The van der Waals surface area contributed by atoms with Crippen LogP contribution in [0.5, 0.6) is 0 Å². The summed E-state index contributed by atoms with van der Waals surface area (Å²) in [5, 5.41) is 3.03. The number of carbonyl (C=O) groups excluding carboxylic acids is 1. The molecule has 4 heteroatoms. The Balaban J connectivity index is 2.10. The molecule has 0 bridgehead atoms. The molecule has 1 N–H and O–H groups in total. The highest BCUT2D eigenvalue weighted by Gasteiger charge is 2.46. The molecule has 1 aliphatic carbocycles. The molecule has 106 valence electrons. The Kier molecular flexibility index (Phi) is 3.72. The van der Waals surface area contributed by atoms with Crippen LogP contribution in [0.1, 0.15) is 34.1 Å². The zero-order valence-corrected chi connectivity index (χ0v) is 12.1. The predicted molar refractivity (Wildman–Crippen MR) is 73.9 cm³/mol. The van der Waals surface area contributed by atoms with Crippen molar-refractivity contribution >= 4 is 6.09 Å². The van der Waals surface area contributed by atoms with Crippen LogP contribution in [0.2, 0.25) is 0 Å². The minimum atomic E-state index is -0.487. The van der Waals surface area contributed by atoms with Gasteiger partial charge < -0.3 is 14.8 Å². The Morgan fingerprint density at radius 1 is 1.47 bits per heavy atom. The Labute approximate surface area is 114 Å². The SMILES string of the molecule is CC[C@]1(NC(=O)OC(C)(C)C)C=CC=CC1[C@@H]1CO1. The van der Waals surface area contributed by atoms with Gasteiger partial charge in [-0.1, -0.05) is 31.2 Å². The Morgan fingerprint density at radius 2 is 2.16 bits per heavy atom. The third-order valence-electron chi connectivity index (χ3n) is 3.50. The average molecular weight is 265 g/mol. The molecule has 0 radical (unpaired) electrons. The van der Waals surface area contributed by atoms with E-state index in [1.165, 1.54) is 0 Å². The number of hydrogen-bond acceptors (Lipinski definition) is 3. The monoisotopic (exact) mass is 265 g/mol. The van der Waals surface area contributed by atoms with Gasteiger partial charge in [-0.05, 0) is 27.2 Å². The van der Waals surface area contributed by atoms with Crippen molar-refractivity contribution in [3.05, 3.63) is 24.3 Å². The van der Waals surface area contributed by atoms with Gasteiger partial charge in [-0.3, -0.25) is 0 Å². The summed E-state index contributed by atoms with van der Waals surface area (Å²) < 4.78 is 10.8. The van der Waals surface area contributed by atoms with E-state index in [4.69, 9.17) is 9.47 Å². The van der Waals surface area contributed by atoms with Crippen LogP contribution in [0.25, 0.3) is 0 Å². The van der Waals surface area contributed by atoms with Gasteiger partial charge in [0, 0.05) is 5.92 Å². The molecule has 1 fully saturated rings. The van der Waals surface area contributed by atoms with Gasteiger partial charge in [-0.25, -0.2) is 4.79 Å². The summed E-state index contributed by atoms with van der Waals surface area (Å²) in [7, 11) is 0. The number of rotatable bonds is 3. The molecule has 19 heavy (non-hydrogen) atoms. The van der Waals surface area contributed by atoms with Gasteiger partial charge in [0.25, 0.3) is 0 Å². The Morgan fingerprint density at radius 3 is 2.68 bits per heavy atom. The molecule has 0 aromatic heterocycles. The number of alkyl carbamates (subject to hydrolysis) is 1. The van der Waals surface area contributed by atoms with Crippen molar-refractivity contribution < 1.29 is 14.3 Å². The van der Waals surface area contributed by atoms with Gasteiger partial charge in [0.1, 0.15) is 5.60 Å². The third-order valence-corrected chi connectivity index (χ3v) is 3.50. The molecule has 0 aromatic carbocycles. The van der Waals surface area contributed by atoms with Crippen LogP contribution in [-0.4, -0.2) is 29.9 Å². The van der Waals surface area contributed by atoms with E-state index in [2.05, 4.69) is 18.3 Å². The first-order valence-electron chi connectivity index (χ1n) is 6.85. The highest BCUT2D eigenvalue weighted by atomic mass is 16.6. The summed E-state index contributed by atoms with van der Waals surface area (Å²) in [4.78, 5) is 12.0. The lowest BCUT2D eigenvalue weighted by atomic mass is 9.77. The lowest BCUT2D eigenvalue weighted by molar-refractivity contribution is 0.0444. The molecule has 1 heterocycles. The summed E-state index contributed by atoms with van der Waals surface area (Å²) in [5.74, 6) is 0.176. The summed E-state index contributed by atoms with van der Waals surface area (Å²) in [6.45, 7) is 8.42. The second kappa shape index (κ2) is 5.00. The normalized spacial score (nSPS) is 33.1. The van der Waals surface area contributed by atoms with E-state index in [0.717, 1.165) is 13.0 Å². The highest BCUT2D eigenvalue weighted by Crippen LogP contribution is 2.36. The molecule has 1 saturated heterocycles. The van der Waals surface area contributed by atoms with E-state index in [1.54, 1.807) is 0 Å². The van der Waals surface area contributed by atoms with Gasteiger partial charge in [0.15, 0.2) is 0 Å². The van der Waals surface area contributed by atoms with Crippen molar-refractivity contribution in [2.45, 2.75) is 51.4 Å². The smallest absolute Gasteiger partial charge is 0.408 e. The lowest BCUT2D eigenvalue weighted by Crippen LogP contribution is -2.54. The number of amides is 1. The standard InChI is InChI=1S/C15H23NO3/c1-5-15(16-13(17)19-14(2,3)4)9-7-6-8-11(15)12-10-18-12/h6-9,11-12H,5,10H2,1-4H3,(H,16,17)/t11?,12-,15-/m0/s1. The number of ether oxygens (including phenoxy) is 2. The topological polar surface area (TPSA) is 50.9 Å². The fourth-order valence-corrected chi connectivity index (χ4v) is 2.47. The number of hydrogen-bond donors (Lipinski definition) is 1. The summed E-state index contributed by atoms with van der Waals surface area (Å²) in [6.07, 6.45) is 8.77. The summed E-state index contributed by atoms with van der Waals surface area (Å²) in [6, 6.07) is 0. The molecule has 0 saturated carbocycles. The molecule has 4 nitrogen and oxygen atoms in total. The summed E-state index contributed by atoms with van der Waals surface area (Å²) in [5.41, 5.74) is -0.892. The summed E-state index contributed by atoms with van der Waals surface area (Å²) >= 11 is 0. The first-order chi connectivity index (χ1) is 8.86. The molecule has 1 aliphatic heterocycles. The van der Waals surface area contributed by atoms with Gasteiger partial charge in [-0.2, -0.15) is 0 Å². The van der Waals surface area contributed by atoms with E-state index < -0.39 is 11.1 Å². The van der Waals surface area contributed by atoms with Crippen molar-refractivity contribution in [2.75, 3.05) is 6.61 Å². The first kappa shape index (κ1) is 14.1. The van der Waals surface area contributed by atoms with E-state index in [-0.39, 0.29) is 18.1 Å². The molecular weight excluding hydrogens is 242 g/mol. The maximum absolute atomic E-state index is 12.0. The van der Waals surface area contributed by atoms with E-state index in [1.807, 2.05) is 39.0 Å². The predicted octanol–water partition coefficient (Wildman–Crippen LogP) is 2.80. The number of allylic oxidation sites excluding steroid dienone is 2. The van der Waals surface area contributed by atoms with Crippen molar-refractivity contribution in [2.24, 2.45) is 5.92 Å². The van der Waals surface area contributed by atoms with Crippen molar-refractivity contribution in [1.82, 2.24) is 5.32 Å². The third kappa shape index (κ3) is 3.38. The van der Waals surface area contributed by atoms with Gasteiger partial charge >= 0.3 is 6.09 Å². The van der Waals surface area contributed by atoms with Crippen LogP contribution >= 0.6 is 0 Å². The highest BCUT2D eigenvalue weighted by molar-refractivity contribution is 5.69. The fourth-order valence-electron chi connectivity index (χ4n) is 2.47. The maximum Gasteiger partial charge on any atom is 0.408 e. The van der Waals surface area contributed by atoms with Crippen LogP contribution in [-0.2, 0) is 9.47 Å². The van der Waals surface area contributed by atoms with Gasteiger partial charge in [0.2, 0.25) is 0 Å². The first-order valence-corrected chi connectivity index (χ1v) is 6.85. The maximum atomic E-state index is 12.0. The lowest BCUT2D eigenvalue weighted by Gasteiger charge is -2.38.